The van der Waals surface area contributed by atoms with Crippen molar-refractivity contribution in [3.05, 3.63) is 70.0 Å². The number of benzene rings is 2. The number of amides is 2. The van der Waals surface area contributed by atoms with Crippen LogP contribution in [-0.2, 0) is 27.4 Å². The van der Waals surface area contributed by atoms with E-state index in [1.165, 1.54) is 17.3 Å². The van der Waals surface area contributed by atoms with Gasteiger partial charge in [0.2, 0.25) is 11.8 Å². The molecule has 1 aliphatic rings. The number of aromatic nitrogens is 2. The minimum atomic E-state index is -0.164. The zero-order valence-corrected chi connectivity index (χ0v) is 21.3. The molecule has 8 nitrogen and oxygen atoms in total. The summed E-state index contributed by atoms with van der Waals surface area (Å²) in [5.74, 6) is -0.0570. The van der Waals surface area contributed by atoms with Crippen molar-refractivity contribution in [2.45, 2.75) is 57.0 Å². The van der Waals surface area contributed by atoms with Crippen LogP contribution in [0.4, 0.5) is 0 Å². The van der Waals surface area contributed by atoms with Crippen molar-refractivity contribution in [2.24, 2.45) is 0 Å². The molecule has 2 heterocycles. The van der Waals surface area contributed by atoms with Gasteiger partial charge in [-0.2, -0.15) is 0 Å². The second-order valence-corrected chi connectivity index (χ2v) is 9.90. The molecule has 0 saturated carbocycles. The van der Waals surface area contributed by atoms with Crippen molar-refractivity contribution in [1.82, 2.24) is 20.2 Å². The molecule has 2 amide bonds. The minimum absolute atomic E-state index is 0.0583. The van der Waals surface area contributed by atoms with Gasteiger partial charge in [-0.3, -0.25) is 19.0 Å². The summed E-state index contributed by atoms with van der Waals surface area (Å²) in [5.41, 5.74) is 2.62. The van der Waals surface area contributed by atoms with Gasteiger partial charge in [0.15, 0.2) is 5.16 Å². The van der Waals surface area contributed by atoms with E-state index in [2.05, 4.69) is 15.6 Å². The molecule has 190 valence electrons. The van der Waals surface area contributed by atoms with Crippen LogP contribution < -0.4 is 16.2 Å². The molecular formula is C27H32N4O4S. The predicted octanol–water partition coefficient (Wildman–Crippen LogP) is 3.19. The molecule has 1 aliphatic heterocycles. The van der Waals surface area contributed by atoms with Gasteiger partial charge in [0.1, 0.15) is 0 Å². The summed E-state index contributed by atoms with van der Waals surface area (Å²) in [6.07, 6.45) is 2.89. The molecule has 3 aromatic rings. The maximum Gasteiger partial charge on any atom is 0.262 e. The van der Waals surface area contributed by atoms with Gasteiger partial charge in [-0.15, -0.1) is 0 Å². The second-order valence-electron chi connectivity index (χ2n) is 8.96. The standard InChI is InChI=1S/C27H32N4O4S/c1-19-10-12-20(13-11-19)16-28-25(33)18-36-27-30-23-8-3-2-7-22(23)26(34)31(27)14-4-9-24(32)29-17-21-6-5-15-35-21/h2-3,7-8,10-13,21H,4-6,9,14-18H2,1H3,(H,28,33)(H,29,32)/t21-/m0/s1. The Labute approximate surface area is 214 Å². The Hall–Kier alpha value is -3.17. The summed E-state index contributed by atoms with van der Waals surface area (Å²) in [5, 5.41) is 6.83. The first-order valence-electron chi connectivity index (χ1n) is 12.3. The number of nitrogens with one attached hydrogen (secondary N) is 2. The molecule has 36 heavy (non-hydrogen) atoms. The third-order valence-corrected chi connectivity index (χ3v) is 7.08. The fourth-order valence-electron chi connectivity index (χ4n) is 4.06. The van der Waals surface area contributed by atoms with E-state index < -0.39 is 0 Å². The molecule has 9 heteroatoms. The number of hydrogen-bond acceptors (Lipinski definition) is 6. The Morgan fingerprint density at radius 2 is 1.92 bits per heavy atom. The Morgan fingerprint density at radius 3 is 2.69 bits per heavy atom. The molecule has 1 aromatic heterocycles. The first-order valence-corrected chi connectivity index (χ1v) is 13.3. The normalized spacial score (nSPS) is 15.2. The molecule has 1 fully saturated rings. The van der Waals surface area contributed by atoms with Crippen LogP contribution in [-0.4, -0.2) is 46.4 Å². The lowest BCUT2D eigenvalue weighted by molar-refractivity contribution is -0.121. The fraction of sp³-hybridized carbons (Fsp3) is 0.407. The monoisotopic (exact) mass is 508 g/mol. The van der Waals surface area contributed by atoms with Crippen LogP contribution in [0.15, 0.2) is 58.5 Å². The van der Waals surface area contributed by atoms with Gasteiger partial charge >= 0.3 is 0 Å². The average molecular weight is 509 g/mol. The number of fused-ring (bicyclic) bond motifs is 1. The lowest BCUT2D eigenvalue weighted by Crippen LogP contribution is -2.32. The van der Waals surface area contributed by atoms with Crippen LogP contribution in [0.3, 0.4) is 0 Å². The third-order valence-electron chi connectivity index (χ3n) is 6.11. The molecule has 0 aliphatic carbocycles. The van der Waals surface area contributed by atoms with Crippen LogP contribution in [0.5, 0.6) is 0 Å². The maximum absolute atomic E-state index is 13.2. The lowest BCUT2D eigenvalue weighted by Gasteiger charge is -2.14. The Kier molecular flexibility index (Phi) is 9.13. The summed E-state index contributed by atoms with van der Waals surface area (Å²) in [7, 11) is 0. The molecule has 0 radical (unpaired) electrons. The van der Waals surface area contributed by atoms with Gasteiger partial charge in [-0.05, 0) is 43.9 Å². The van der Waals surface area contributed by atoms with E-state index in [1.54, 1.807) is 22.8 Å². The van der Waals surface area contributed by atoms with E-state index in [0.717, 1.165) is 25.0 Å². The maximum atomic E-state index is 13.2. The highest BCUT2D eigenvalue weighted by molar-refractivity contribution is 7.99. The Bertz CT molecular complexity index is 1250. The molecule has 4 rings (SSSR count). The summed E-state index contributed by atoms with van der Waals surface area (Å²) >= 11 is 1.23. The number of rotatable bonds is 11. The molecule has 2 N–H and O–H groups in total. The van der Waals surface area contributed by atoms with Crippen molar-refractivity contribution in [3.8, 4) is 0 Å². The number of aryl methyl sites for hydroxylation is 1. The summed E-state index contributed by atoms with van der Waals surface area (Å²) in [6.45, 7) is 4.08. The highest BCUT2D eigenvalue weighted by Crippen LogP contribution is 2.18. The Morgan fingerprint density at radius 1 is 1.11 bits per heavy atom. The quantitative estimate of drug-likeness (QED) is 0.305. The molecule has 0 spiro atoms. The van der Waals surface area contributed by atoms with E-state index in [-0.39, 0.29) is 29.2 Å². The number of para-hydroxylation sites is 1. The van der Waals surface area contributed by atoms with E-state index in [1.807, 2.05) is 37.3 Å². The zero-order valence-electron chi connectivity index (χ0n) is 20.5. The molecular weight excluding hydrogens is 476 g/mol. The number of thioether (sulfide) groups is 1. The van der Waals surface area contributed by atoms with Gasteiger partial charge in [-0.25, -0.2) is 4.98 Å². The number of carbonyl (C=O) groups excluding carboxylic acids is 2. The molecule has 0 bridgehead atoms. The largest absolute Gasteiger partial charge is 0.376 e. The third kappa shape index (κ3) is 7.18. The minimum Gasteiger partial charge on any atom is -0.376 e. The van der Waals surface area contributed by atoms with E-state index >= 15 is 0 Å². The second kappa shape index (κ2) is 12.7. The highest BCUT2D eigenvalue weighted by Gasteiger charge is 2.17. The van der Waals surface area contributed by atoms with E-state index in [4.69, 9.17) is 4.74 Å². The summed E-state index contributed by atoms with van der Waals surface area (Å²) in [4.78, 5) is 42.6. The van der Waals surface area contributed by atoms with Crippen molar-refractivity contribution < 1.29 is 14.3 Å². The number of carbonyl (C=O) groups is 2. The van der Waals surface area contributed by atoms with Crippen molar-refractivity contribution in [3.63, 3.8) is 0 Å². The highest BCUT2D eigenvalue weighted by atomic mass is 32.2. The van der Waals surface area contributed by atoms with Gasteiger partial charge in [0.25, 0.3) is 5.56 Å². The number of hydrogen-bond donors (Lipinski definition) is 2. The molecule has 2 aromatic carbocycles. The van der Waals surface area contributed by atoms with Crippen LogP contribution >= 0.6 is 11.8 Å². The van der Waals surface area contributed by atoms with Crippen molar-refractivity contribution in [1.29, 1.82) is 0 Å². The fourth-order valence-corrected chi connectivity index (χ4v) is 4.92. The number of nitrogens with zero attached hydrogens (tertiary/aromatic N) is 2. The van der Waals surface area contributed by atoms with Gasteiger partial charge in [0.05, 0.1) is 22.8 Å². The number of ether oxygens (including phenoxy) is 1. The van der Waals surface area contributed by atoms with Crippen LogP contribution in [0, 0.1) is 6.92 Å². The SMILES string of the molecule is Cc1ccc(CNC(=O)CSc2nc3ccccc3c(=O)n2CCCC(=O)NC[C@@H]2CCCO2)cc1. The predicted molar refractivity (Wildman–Crippen MR) is 141 cm³/mol. The van der Waals surface area contributed by atoms with Gasteiger partial charge in [-0.1, -0.05) is 53.7 Å². The molecule has 0 unspecified atom stereocenters. The van der Waals surface area contributed by atoms with Crippen LogP contribution in [0.25, 0.3) is 10.9 Å². The summed E-state index contributed by atoms with van der Waals surface area (Å²) in [6, 6.07) is 15.2. The smallest absolute Gasteiger partial charge is 0.262 e. The first-order chi connectivity index (χ1) is 17.5. The van der Waals surface area contributed by atoms with Gasteiger partial charge < -0.3 is 15.4 Å². The van der Waals surface area contributed by atoms with Gasteiger partial charge in [0, 0.05) is 32.7 Å². The van der Waals surface area contributed by atoms with Crippen molar-refractivity contribution >= 4 is 34.5 Å². The first kappa shape index (κ1) is 25.9. The van der Waals surface area contributed by atoms with Crippen LogP contribution in [0.1, 0.15) is 36.8 Å². The van der Waals surface area contributed by atoms with E-state index in [9.17, 15) is 14.4 Å². The summed E-state index contributed by atoms with van der Waals surface area (Å²) < 4.78 is 7.12. The zero-order chi connectivity index (χ0) is 25.3. The van der Waals surface area contributed by atoms with Crippen LogP contribution in [0.2, 0.25) is 0 Å². The Balaban J connectivity index is 1.36. The van der Waals surface area contributed by atoms with Crippen molar-refractivity contribution in [2.75, 3.05) is 18.9 Å². The topological polar surface area (TPSA) is 102 Å². The van der Waals surface area contributed by atoms with E-state index in [0.29, 0.717) is 48.5 Å². The lowest BCUT2D eigenvalue weighted by atomic mass is 10.1. The molecule has 1 atom stereocenters. The average Bonchev–Trinajstić information content (AvgIpc) is 3.41. The molecule has 1 saturated heterocycles.